The molecule has 2 fully saturated rings. The molecule has 2 saturated heterocycles. The van der Waals surface area contributed by atoms with Gasteiger partial charge in [0.05, 0.1) is 18.1 Å². The number of rotatable bonds is 9. The Labute approximate surface area is 228 Å². The molecule has 2 aliphatic rings. The van der Waals surface area contributed by atoms with Crippen molar-refractivity contribution in [3.63, 3.8) is 0 Å². The number of nitrogens with zero attached hydrogens (tertiary/aromatic N) is 2. The molecule has 1 unspecified atom stereocenters. The molecule has 1 aromatic heterocycles. The van der Waals surface area contributed by atoms with Crippen LogP contribution in [0.3, 0.4) is 0 Å². The van der Waals surface area contributed by atoms with Crippen molar-refractivity contribution in [2.24, 2.45) is 5.92 Å². The molecule has 2 aromatic rings. The molecule has 2 atom stereocenters. The van der Waals surface area contributed by atoms with Crippen LogP contribution >= 0.6 is 0 Å². The number of carbonyl (C=O) groups is 3. The second-order valence-corrected chi connectivity index (χ2v) is 9.96. The summed E-state index contributed by atoms with van der Waals surface area (Å²) in [7, 11) is 0. The summed E-state index contributed by atoms with van der Waals surface area (Å²) in [6.45, 7) is 8.06. The number of aromatic nitrogens is 1. The Kier molecular flexibility index (Phi) is 9.24. The maximum Gasteiger partial charge on any atom is 0.270 e. The first-order valence-electron chi connectivity index (χ1n) is 13.5. The van der Waals surface area contributed by atoms with Gasteiger partial charge in [0.2, 0.25) is 11.8 Å². The van der Waals surface area contributed by atoms with Crippen LogP contribution in [0.1, 0.15) is 44.1 Å². The highest BCUT2D eigenvalue weighted by Crippen LogP contribution is 2.21. The van der Waals surface area contributed by atoms with E-state index in [4.69, 9.17) is 0 Å². The third-order valence-electron chi connectivity index (χ3n) is 7.30. The van der Waals surface area contributed by atoms with E-state index in [0.717, 1.165) is 24.2 Å². The van der Waals surface area contributed by atoms with Crippen molar-refractivity contribution >= 4 is 28.6 Å². The van der Waals surface area contributed by atoms with Crippen molar-refractivity contribution in [1.29, 1.82) is 0 Å². The molecule has 3 amide bonds. The molecule has 0 spiro atoms. The zero-order chi connectivity index (χ0) is 27.9. The van der Waals surface area contributed by atoms with Crippen molar-refractivity contribution in [2.75, 3.05) is 26.2 Å². The van der Waals surface area contributed by atoms with Gasteiger partial charge in [-0.3, -0.25) is 14.4 Å². The fraction of sp³-hybridized carbons (Fsp3) is 0.400. The Bertz CT molecular complexity index is 1330. The molecular weight excluding hydrogens is 497 g/mol. The molecule has 2 aliphatic heterocycles. The summed E-state index contributed by atoms with van der Waals surface area (Å²) in [5.74, 6) is -0.888. The van der Waals surface area contributed by atoms with Crippen molar-refractivity contribution in [3.8, 4) is 0 Å². The molecule has 3 heterocycles. The third-order valence-corrected chi connectivity index (χ3v) is 7.30. The van der Waals surface area contributed by atoms with Gasteiger partial charge in [-0.15, -0.1) is 0 Å². The summed E-state index contributed by atoms with van der Waals surface area (Å²) in [6.07, 6.45) is 9.63. The van der Waals surface area contributed by atoms with Crippen LogP contribution < -0.4 is 16.0 Å². The van der Waals surface area contributed by atoms with Crippen LogP contribution in [0.15, 0.2) is 65.8 Å². The molecule has 1 aromatic carbocycles. The molecule has 3 N–H and O–H groups in total. The first kappa shape index (κ1) is 28.2. The number of halogens is 1. The number of amides is 3. The molecular formula is C30H36FN5O3. The van der Waals surface area contributed by atoms with Gasteiger partial charge < -0.3 is 20.9 Å². The summed E-state index contributed by atoms with van der Waals surface area (Å²) in [6, 6.07) is 6.41. The number of nitrogens with one attached hydrogen (secondary N) is 3. The second-order valence-electron chi connectivity index (χ2n) is 9.96. The molecule has 0 bridgehead atoms. The van der Waals surface area contributed by atoms with E-state index in [1.165, 1.54) is 29.2 Å². The van der Waals surface area contributed by atoms with E-state index in [1.54, 1.807) is 6.07 Å². The monoisotopic (exact) mass is 533 g/mol. The minimum absolute atomic E-state index is 0.132. The van der Waals surface area contributed by atoms with Crippen molar-refractivity contribution in [3.05, 3.63) is 77.3 Å². The third kappa shape index (κ3) is 6.78. The van der Waals surface area contributed by atoms with Gasteiger partial charge in [-0.2, -0.15) is 0 Å². The predicted octanol–water partition coefficient (Wildman–Crippen LogP) is 3.27. The first-order chi connectivity index (χ1) is 18.8. The molecule has 0 aliphatic carbocycles. The Balaban J connectivity index is 1.33. The highest BCUT2D eigenvalue weighted by Gasteiger charge is 2.35. The van der Waals surface area contributed by atoms with Crippen molar-refractivity contribution in [2.45, 2.75) is 45.7 Å². The number of allylic oxidation sites excluding steroid dienone is 3. The number of likely N-dealkylation sites (tertiary alicyclic amines) is 1. The lowest BCUT2D eigenvalue weighted by molar-refractivity contribution is -0.137. The van der Waals surface area contributed by atoms with Gasteiger partial charge in [0.25, 0.3) is 5.91 Å². The molecule has 9 heteroatoms. The average Bonchev–Trinajstić information content (AvgIpc) is 3.40. The van der Waals surface area contributed by atoms with Gasteiger partial charge in [0, 0.05) is 30.9 Å². The molecule has 8 nitrogen and oxygen atoms in total. The quantitative estimate of drug-likeness (QED) is 0.430. The number of pyridine rings is 1. The zero-order valence-electron chi connectivity index (χ0n) is 22.7. The maximum absolute atomic E-state index is 13.4. The molecule has 0 radical (unpaired) electrons. The fourth-order valence-electron chi connectivity index (χ4n) is 5.01. The van der Waals surface area contributed by atoms with Crippen LogP contribution in [-0.4, -0.2) is 65.9 Å². The van der Waals surface area contributed by atoms with E-state index in [-0.39, 0.29) is 35.9 Å². The van der Waals surface area contributed by atoms with Crippen LogP contribution in [0.2, 0.25) is 0 Å². The standard InChI is InChI=1S/C30H36FN5O3/c1-4-21(9-8-20-16-32-17-20)24(5-2)19(3)34-30(39)27-7-6-14-36(27)28(37)18-33-29(38)26-12-10-22-15-23(31)11-13-25(22)35-26/h4-5,8-13,15,19-20,27,32H,6-7,14,16-18H2,1-3H3,(H,33,38)(H,34,39)/b9-8+,21-4-,24-5-/t19-,27?/m0/s1. The lowest BCUT2D eigenvalue weighted by Gasteiger charge is -2.27. The smallest absolute Gasteiger partial charge is 0.270 e. The van der Waals surface area contributed by atoms with E-state index in [0.29, 0.717) is 36.2 Å². The largest absolute Gasteiger partial charge is 0.348 e. The van der Waals surface area contributed by atoms with Crippen LogP contribution in [0, 0.1) is 11.7 Å². The van der Waals surface area contributed by atoms with Crippen molar-refractivity contribution in [1.82, 2.24) is 25.8 Å². The van der Waals surface area contributed by atoms with Gasteiger partial charge >= 0.3 is 0 Å². The van der Waals surface area contributed by atoms with Gasteiger partial charge in [0.15, 0.2) is 0 Å². The second kappa shape index (κ2) is 12.8. The van der Waals surface area contributed by atoms with E-state index in [1.807, 2.05) is 32.9 Å². The first-order valence-corrected chi connectivity index (χ1v) is 13.5. The normalized spacial score (nSPS) is 19.3. The van der Waals surface area contributed by atoms with E-state index >= 15 is 0 Å². The molecule has 39 heavy (non-hydrogen) atoms. The highest BCUT2D eigenvalue weighted by molar-refractivity contribution is 5.97. The Morgan fingerprint density at radius 3 is 2.67 bits per heavy atom. The van der Waals surface area contributed by atoms with Gasteiger partial charge in [-0.25, -0.2) is 9.37 Å². The summed E-state index contributed by atoms with van der Waals surface area (Å²) in [5.41, 5.74) is 2.69. The van der Waals surface area contributed by atoms with E-state index in [2.05, 4.69) is 33.1 Å². The van der Waals surface area contributed by atoms with Crippen LogP contribution in [0.25, 0.3) is 10.9 Å². The number of fused-ring (bicyclic) bond motifs is 1. The molecule has 4 rings (SSSR count). The molecule has 0 saturated carbocycles. The topological polar surface area (TPSA) is 103 Å². The van der Waals surface area contributed by atoms with E-state index in [9.17, 15) is 18.8 Å². The van der Waals surface area contributed by atoms with Crippen LogP contribution in [0.4, 0.5) is 4.39 Å². The maximum atomic E-state index is 13.4. The van der Waals surface area contributed by atoms with E-state index < -0.39 is 11.9 Å². The highest BCUT2D eigenvalue weighted by atomic mass is 19.1. The molecule has 206 valence electrons. The Hall–Kier alpha value is -3.85. The predicted molar refractivity (Wildman–Crippen MR) is 149 cm³/mol. The summed E-state index contributed by atoms with van der Waals surface area (Å²) in [5, 5.41) is 9.53. The summed E-state index contributed by atoms with van der Waals surface area (Å²) < 4.78 is 13.4. The zero-order valence-corrected chi connectivity index (χ0v) is 22.7. The van der Waals surface area contributed by atoms with Gasteiger partial charge in [-0.05, 0) is 69.0 Å². The average molecular weight is 534 g/mol. The lowest BCUT2D eigenvalue weighted by Crippen LogP contribution is -2.50. The Morgan fingerprint density at radius 1 is 1.18 bits per heavy atom. The van der Waals surface area contributed by atoms with Crippen LogP contribution in [-0.2, 0) is 9.59 Å². The van der Waals surface area contributed by atoms with Crippen molar-refractivity contribution < 1.29 is 18.8 Å². The summed E-state index contributed by atoms with van der Waals surface area (Å²) >= 11 is 0. The number of carbonyl (C=O) groups excluding carboxylic acids is 3. The number of hydrogen-bond acceptors (Lipinski definition) is 5. The minimum Gasteiger partial charge on any atom is -0.348 e. The minimum atomic E-state index is -0.589. The number of hydrogen-bond donors (Lipinski definition) is 3. The fourth-order valence-corrected chi connectivity index (χ4v) is 5.01. The van der Waals surface area contributed by atoms with Gasteiger partial charge in [0.1, 0.15) is 17.6 Å². The Morgan fingerprint density at radius 2 is 1.97 bits per heavy atom. The SMILES string of the molecule is C/C=C(/C=C/C1CNC1)C(=C/C)\[C@H](C)NC(=O)C1CCCN1C(=O)CNC(=O)c1ccc2cc(F)ccc2n1. The lowest BCUT2D eigenvalue weighted by atomic mass is 9.95. The number of benzene rings is 1. The van der Waals surface area contributed by atoms with Gasteiger partial charge in [-0.1, -0.05) is 30.4 Å². The van der Waals surface area contributed by atoms with Crippen LogP contribution in [0.5, 0.6) is 0 Å². The summed E-state index contributed by atoms with van der Waals surface area (Å²) in [4.78, 5) is 44.7.